The monoisotopic (exact) mass is 422 g/mol. The van der Waals surface area contributed by atoms with Crippen molar-refractivity contribution < 1.29 is 19.3 Å². The summed E-state index contributed by atoms with van der Waals surface area (Å²) in [6.45, 7) is 2.20. The number of carbonyl (C=O) groups excluding carboxylic acids is 3. The fraction of sp³-hybridized carbons (Fsp3) is 0.318. The number of fused-ring (bicyclic) bond motifs is 3. The summed E-state index contributed by atoms with van der Waals surface area (Å²) in [5.41, 5.74) is 0.614. The molecule has 2 aliphatic heterocycles. The van der Waals surface area contributed by atoms with Gasteiger partial charge in [0.15, 0.2) is 0 Å². The molecule has 0 aromatic heterocycles. The van der Waals surface area contributed by atoms with Crippen LogP contribution in [0.25, 0.3) is 0 Å². The third kappa shape index (κ3) is 3.63. The zero-order chi connectivity index (χ0) is 22.2. The molecule has 0 radical (unpaired) electrons. The predicted octanol–water partition coefficient (Wildman–Crippen LogP) is 3.31. The van der Waals surface area contributed by atoms with Crippen LogP contribution in [-0.2, 0) is 9.59 Å². The minimum absolute atomic E-state index is 0.0177. The molecule has 4 rings (SSSR count). The van der Waals surface area contributed by atoms with Crippen LogP contribution in [0.15, 0.2) is 48.5 Å². The van der Waals surface area contributed by atoms with Crippen molar-refractivity contribution in [2.75, 3.05) is 16.8 Å². The van der Waals surface area contributed by atoms with Crippen LogP contribution in [0.2, 0.25) is 0 Å². The number of nitrogens with one attached hydrogen (secondary N) is 1. The molecule has 1 fully saturated rings. The lowest BCUT2D eigenvalue weighted by Crippen LogP contribution is -2.62. The van der Waals surface area contributed by atoms with Crippen LogP contribution in [0.4, 0.5) is 17.1 Å². The average molecular weight is 422 g/mol. The van der Waals surface area contributed by atoms with Gasteiger partial charge in [-0.15, -0.1) is 0 Å². The van der Waals surface area contributed by atoms with Crippen molar-refractivity contribution >= 4 is 34.8 Å². The van der Waals surface area contributed by atoms with Gasteiger partial charge in [-0.05, 0) is 38.0 Å². The van der Waals surface area contributed by atoms with Crippen LogP contribution >= 0.6 is 0 Å². The molecule has 0 saturated carbocycles. The highest BCUT2D eigenvalue weighted by Gasteiger charge is 2.52. The minimum atomic E-state index is -0.751. The Morgan fingerprint density at radius 2 is 1.97 bits per heavy atom. The second-order valence-electron chi connectivity index (χ2n) is 7.88. The van der Waals surface area contributed by atoms with E-state index in [1.165, 1.54) is 18.2 Å². The molecule has 9 heteroatoms. The van der Waals surface area contributed by atoms with E-state index in [0.29, 0.717) is 42.7 Å². The van der Waals surface area contributed by atoms with Gasteiger partial charge in [0.25, 0.3) is 11.6 Å². The first kappa shape index (κ1) is 20.5. The van der Waals surface area contributed by atoms with E-state index in [1.54, 1.807) is 34.1 Å². The summed E-state index contributed by atoms with van der Waals surface area (Å²) >= 11 is 0. The Morgan fingerprint density at radius 1 is 1.19 bits per heavy atom. The van der Waals surface area contributed by atoms with E-state index in [2.05, 4.69) is 5.32 Å². The van der Waals surface area contributed by atoms with Crippen LogP contribution in [0.5, 0.6) is 0 Å². The molecule has 160 valence electrons. The lowest BCUT2D eigenvalue weighted by Gasteiger charge is -2.48. The number of para-hydroxylation sites is 1. The van der Waals surface area contributed by atoms with E-state index < -0.39 is 10.6 Å². The summed E-state index contributed by atoms with van der Waals surface area (Å²) in [6, 6.07) is 12.8. The number of nitrogens with zero attached hydrogens (tertiary/aromatic N) is 3. The Morgan fingerprint density at radius 3 is 2.74 bits per heavy atom. The van der Waals surface area contributed by atoms with E-state index in [4.69, 9.17) is 0 Å². The third-order valence-corrected chi connectivity index (χ3v) is 5.87. The molecule has 3 amide bonds. The number of hydrogen-bond donors (Lipinski definition) is 1. The summed E-state index contributed by atoms with van der Waals surface area (Å²) < 4.78 is 0. The van der Waals surface area contributed by atoms with E-state index in [9.17, 15) is 24.5 Å². The maximum atomic E-state index is 13.2. The van der Waals surface area contributed by atoms with Gasteiger partial charge >= 0.3 is 0 Å². The molecular weight excluding hydrogens is 400 g/mol. The van der Waals surface area contributed by atoms with Crippen molar-refractivity contribution in [3.05, 3.63) is 64.2 Å². The average Bonchev–Trinajstić information content (AvgIpc) is 3.06. The van der Waals surface area contributed by atoms with E-state index in [-0.39, 0.29) is 29.8 Å². The van der Waals surface area contributed by atoms with Gasteiger partial charge in [-0.1, -0.05) is 18.2 Å². The molecule has 2 heterocycles. The standard InChI is InChI=1S/C22H22N4O5/c1-22-12-11-20(28)25(22)18-9-3-2-8-17(18)21(29)24(22)13-5-10-19(27)23-15-6-4-7-16(14-15)26(30)31/h2-4,6-9,14H,5,10-13H2,1H3,(H,23,27). The first-order chi connectivity index (χ1) is 14.8. The SMILES string of the molecule is CC12CCC(=O)N1c1ccccc1C(=O)N2CCCC(=O)Nc1cccc([N+](=O)[O-])c1. The van der Waals surface area contributed by atoms with Gasteiger partial charge in [-0.25, -0.2) is 0 Å². The van der Waals surface area contributed by atoms with Crippen LogP contribution in [0, 0.1) is 10.1 Å². The number of rotatable bonds is 6. The molecule has 31 heavy (non-hydrogen) atoms. The van der Waals surface area contributed by atoms with Crippen molar-refractivity contribution in [1.82, 2.24) is 4.90 Å². The van der Waals surface area contributed by atoms with Crippen LogP contribution < -0.4 is 10.2 Å². The number of nitro benzene ring substituents is 1. The molecule has 2 aromatic rings. The Balaban J connectivity index is 1.44. The van der Waals surface area contributed by atoms with Crippen LogP contribution in [0.1, 0.15) is 43.0 Å². The molecule has 1 unspecified atom stereocenters. The van der Waals surface area contributed by atoms with E-state index in [0.717, 1.165) is 0 Å². The minimum Gasteiger partial charge on any atom is -0.326 e. The number of nitro groups is 1. The van der Waals surface area contributed by atoms with Gasteiger partial charge in [0.1, 0.15) is 5.66 Å². The molecule has 2 aliphatic rings. The number of carbonyl (C=O) groups is 3. The molecule has 0 bridgehead atoms. The summed E-state index contributed by atoms with van der Waals surface area (Å²) in [7, 11) is 0. The van der Waals surface area contributed by atoms with Gasteiger partial charge in [0, 0.05) is 37.2 Å². The van der Waals surface area contributed by atoms with Crippen molar-refractivity contribution in [1.29, 1.82) is 0 Å². The van der Waals surface area contributed by atoms with Gasteiger partial charge in [0.2, 0.25) is 11.8 Å². The second-order valence-corrected chi connectivity index (χ2v) is 7.88. The van der Waals surface area contributed by atoms with Crippen molar-refractivity contribution in [3.8, 4) is 0 Å². The van der Waals surface area contributed by atoms with Gasteiger partial charge in [-0.3, -0.25) is 29.4 Å². The smallest absolute Gasteiger partial charge is 0.271 e. The summed E-state index contributed by atoms with van der Waals surface area (Å²) in [5.74, 6) is -0.464. The largest absolute Gasteiger partial charge is 0.326 e. The van der Waals surface area contributed by atoms with E-state index >= 15 is 0 Å². The molecule has 0 aliphatic carbocycles. The Kier molecular flexibility index (Phi) is 5.18. The maximum absolute atomic E-state index is 13.2. The third-order valence-electron chi connectivity index (χ3n) is 5.87. The molecular formula is C22H22N4O5. The topological polar surface area (TPSA) is 113 Å². The number of anilines is 2. The maximum Gasteiger partial charge on any atom is 0.271 e. The van der Waals surface area contributed by atoms with Crippen LogP contribution in [-0.4, -0.2) is 39.8 Å². The number of benzene rings is 2. The van der Waals surface area contributed by atoms with Crippen molar-refractivity contribution in [2.24, 2.45) is 0 Å². The second kappa shape index (κ2) is 7.82. The Hall–Kier alpha value is -3.75. The number of non-ortho nitro benzene ring substituents is 1. The van der Waals surface area contributed by atoms with Crippen molar-refractivity contribution in [3.63, 3.8) is 0 Å². The number of hydrogen-bond acceptors (Lipinski definition) is 5. The Bertz CT molecular complexity index is 1090. The molecule has 2 aromatic carbocycles. The lowest BCUT2D eigenvalue weighted by molar-refractivity contribution is -0.384. The quantitative estimate of drug-likeness (QED) is 0.567. The highest BCUT2D eigenvalue weighted by molar-refractivity contribution is 6.10. The molecule has 9 nitrogen and oxygen atoms in total. The Labute approximate surface area is 178 Å². The van der Waals surface area contributed by atoms with Crippen molar-refractivity contribution in [2.45, 2.75) is 38.3 Å². The molecule has 1 saturated heterocycles. The molecule has 1 N–H and O–H groups in total. The fourth-order valence-corrected chi connectivity index (χ4v) is 4.36. The van der Waals surface area contributed by atoms with Gasteiger partial charge in [-0.2, -0.15) is 0 Å². The summed E-state index contributed by atoms with van der Waals surface area (Å²) in [4.78, 5) is 51.8. The number of amides is 3. The first-order valence-corrected chi connectivity index (χ1v) is 10.1. The molecule has 0 spiro atoms. The first-order valence-electron chi connectivity index (χ1n) is 10.1. The predicted molar refractivity (Wildman–Crippen MR) is 114 cm³/mol. The summed E-state index contributed by atoms with van der Waals surface area (Å²) in [5, 5.41) is 13.5. The highest BCUT2D eigenvalue weighted by atomic mass is 16.6. The normalized spacial score (nSPS) is 19.8. The van der Waals surface area contributed by atoms with Gasteiger partial charge < -0.3 is 10.2 Å². The van der Waals surface area contributed by atoms with Gasteiger partial charge in [0.05, 0.1) is 16.2 Å². The molecule has 1 atom stereocenters. The van der Waals surface area contributed by atoms with E-state index in [1.807, 2.05) is 13.0 Å². The fourth-order valence-electron chi connectivity index (χ4n) is 4.36. The van der Waals surface area contributed by atoms with Crippen LogP contribution in [0.3, 0.4) is 0 Å². The zero-order valence-electron chi connectivity index (χ0n) is 17.0. The summed E-state index contributed by atoms with van der Waals surface area (Å²) in [6.07, 6.45) is 1.43. The zero-order valence-corrected chi connectivity index (χ0v) is 17.0. The lowest BCUT2D eigenvalue weighted by atomic mass is 9.98. The highest BCUT2D eigenvalue weighted by Crippen LogP contribution is 2.44.